The third kappa shape index (κ3) is 4.23. The van der Waals surface area contributed by atoms with Crippen molar-refractivity contribution in [1.29, 1.82) is 0 Å². The summed E-state index contributed by atoms with van der Waals surface area (Å²) in [6, 6.07) is 1.93. The summed E-state index contributed by atoms with van der Waals surface area (Å²) in [7, 11) is 0. The highest BCUT2D eigenvalue weighted by atomic mass is 16.5. The van der Waals surface area contributed by atoms with E-state index in [1.165, 1.54) is 0 Å². The molecule has 0 radical (unpaired) electrons. The SMILES string of the molecule is CC(C)Cc1cc(CNC(=O)[C@H]2CC=CCC2)on1. The third-order valence-corrected chi connectivity index (χ3v) is 3.30. The number of aromatic nitrogens is 1. The Labute approximate surface area is 114 Å². The summed E-state index contributed by atoms with van der Waals surface area (Å²) >= 11 is 0. The lowest BCUT2D eigenvalue weighted by molar-refractivity contribution is -0.125. The van der Waals surface area contributed by atoms with Crippen molar-refractivity contribution in [2.24, 2.45) is 11.8 Å². The van der Waals surface area contributed by atoms with E-state index in [0.717, 1.165) is 37.1 Å². The first-order valence-electron chi connectivity index (χ1n) is 7.02. The highest BCUT2D eigenvalue weighted by Gasteiger charge is 2.18. The van der Waals surface area contributed by atoms with Crippen molar-refractivity contribution in [1.82, 2.24) is 10.5 Å². The number of rotatable bonds is 5. The molecule has 1 aromatic heterocycles. The number of amides is 1. The van der Waals surface area contributed by atoms with Crippen LogP contribution in [0.5, 0.6) is 0 Å². The largest absolute Gasteiger partial charge is 0.359 e. The molecule has 0 unspecified atom stereocenters. The maximum absolute atomic E-state index is 11.9. The highest BCUT2D eigenvalue weighted by Crippen LogP contribution is 2.18. The molecule has 0 saturated carbocycles. The van der Waals surface area contributed by atoms with Gasteiger partial charge in [0.2, 0.25) is 5.91 Å². The smallest absolute Gasteiger partial charge is 0.223 e. The zero-order valence-corrected chi connectivity index (χ0v) is 11.7. The second-order valence-electron chi connectivity index (χ2n) is 5.58. The lowest BCUT2D eigenvalue weighted by Crippen LogP contribution is -2.30. The number of hydrogen-bond donors (Lipinski definition) is 1. The molecule has 4 heteroatoms. The monoisotopic (exact) mass is 262 g/mol. The lowest BCUT2D eigenvalue weighted by atomic mass is 9.94. The van der Waals surface area contributed by atoms with E-state index in [0.29, 0.717) is 12.5 Å². The van der Waals surface area contributed by atoms with Gasteiger partial charge in [-0.1, -0.05) is 31.2 Å². The van der Waals surface area contributed by atoms with Gasteiger partial charge in [-0.05, 0) is 31.6 Å². The quantitative estimate of drug-likeness (QED) is 0.830. The number of hydrogen-bond acceptors (Lipinski definition) is 3. The molecule has 19 heavy (non-hydrogen) atoms. The number of nitrogens with one attached hydrogen (secondary N) is 1. The van der Waals surface area contributed by atoms with Crippen LogP contribution in [-0.4, -0.2) is 11.1 Å². The fraction of sp³-hybridized carbons (Fsp3) is 0.600. The minimum Gasteiger partial charge on any atom is -0.359 e. The van der Waals surface area contributed by atoms with E-state index in [2.05, 4.69) is 36.5 Å². The second kappa shape index (κ2) is 6.55. The van der Waals surface area contributed by atoms with Gasteiger partial charge in [0.1, 0.15) is 0 Å². The van der Waals surface area contributed by atoms with Gasteiger partial charge in [0.15, 0.2) is 5.76 Å². The molecule has 1 N–H and O–H groups in total. The molecule has 1 heterocycles. The summed E-state index contributed by atoms with van der Waals surface area (Å²) in [5.41, 5.74) is 0.958. The van der Waals surface area contributed by atoms with Crippen molar-refractivity contribution >= 4 is 5.91 Å². The van der Waals surface area contributed by atoms with E-state index in [4.69, 9.17) is 4.52 Å². The summed E-state index contributed by atoms with van der Waals surface area (Å²) in [6.07, 6.45) is 7.92. The first kappa shape index (κ1) is 13.8. The number of carbonyl (C=O) groups is 1. The molecule has 104 valence electrons. The first-order valence-corrected chi connectivity index (χ1v) is 7.02. The van der Waals surface area contributed by atoms with Crippen LogP contribution < -0.4 is 5.32 Å². The Bertz CT molecular complexity index is 449. The summed E-state index contributed by atoms with van der Waals surface area (Å²) in [6.45, 7) is 4.73. The minimum atomic E-state index is 0.114. The van der Waals surface area contributed by atoms with Crippen molar-refractivity contribution in [2.45, 2.75) is 46.1 Å². The predicted molar refractivity (Wildman–Crippen MR) is 73.4 cm³/mol. The maximum Gasteiger partial charge on any atom is 0.223 e. The average molecular weight is 262 g/mol. The molecule has 0 aromatic carbocycles. The molecule has 1 aliphatic carbocycles. The standard InChI is InChI=1S/C15H22N2O2/c1-11(2)8-13-9-14(19-17-13)10-16-15(18)12-6-4-3-5-7-12/h3-4,9,11-12H,5-8,10H2,1-2H3,(H,16,18)/t12-/m0/s1. The van der Waals surface area contributed by atoms with Gasteiger partial charge in [-0.2, -0.15) is 0 Å². The summed E-state index contributed by atoms with van der Waals surface area (Å²) < 4.78 is 5.22. The van der Waals surface area contributed by atoms with Crippen LogP contribution in [0.1, 0.15) is 44.6 Å². The Hall–Kier alpha value is -1.58. The summed E-state index contributed by atoms with van der Waals surface area (Å²) in [5, 5.41) is 6.94. The average Bonchev–Trinajstić information content (AvgIpc) is 2.84. The fourth-order valence-corrected chi connectivity index (χ4v) is 2.30. The van der Waals surface area contributed by atoms with E-state index in [1.807, 2.05) is 6.07 Å². The predicted octanol–water partition coefficient (Wildman–Crippen LogP) is 2.85. The van der Waals surface area contributed by atoms with Gasteiger partial charge >= 0.3 is 0 Å². The molecular weight excluding hydrogens is 240 g/mol. The number of nitrogens with zero attached hydrogens (tertiary/aromatic N) is 1. The number of carbonyl (C=O) groups excluding carboxylic acids is 1. The Morgan fingerprint density at radius 3 is 3.05 bits per heavy atom. The van der Waals surface area contributed by atoms with Crippen LogP contribution in [-0.2, 0) is 17.8 Å². The van der Waals surface area contributed by atoms with Crippen molar-refractivity contribution < 1.29 is 9.32 Å². The van der Waals surface area contributed by atoms with Crippen LogP contribution in [0.15, 0.2) is 22.7 Å². The Morgan fingerprint density at radius 2 is 2.37 bits per heavy atom. The van der Waals surface area contributed by atoms with Gasteiger partial charge < -0.3 is 9.84 Å². The van der Waals surface area contributed by atoms with Crippen molar-refractivity contribution in [3.05, 3.63) is 29.7 Å². The Morgan fingerprint density at radius 1 is 1.53 bits per heavy atom. The molecule has 1 aliphatic rings. The molecule has 2 rings (SSSR count). The molecule has 1 atom stereocenters. The minimum absolute atomic E-state index is 0.114. The molecule has 0 saturated heterocycles. The first-order chi connectivity index (χ1) is 9.15. The third-order valence-electron chi connectivity index (χ3n) is 3.30. The van der Waals surface area contributed by atoms with Gasteiger partial charge in [0.25, 0.3) is 0 Å². The van der Waals surface area contributed by atoms with Crippen molar-refractivity contribution in [3.63, 3.8) is 0 Å². The van der Waals surface area contributed by atoms with Gasteiger partial charge in [-0.15, -0.1) is 0 Å². The zero-order chi connectivity index (χ0) is 13.7. The van der Waals surface area contributed by atoms with E-state index < -0.39 is 0 Å². The molecule has 4 nitrogen and oxygen atoms in total. The zero-order valence-electron chi connectivity index (χ0n) is 11.7. The normalized spacial score (nSPS) is 18.8. The molecule has 0 bridgehead atoms. The maximum atomic E-state index is 11.9. The molecular formula is C15H22N2O2. The fourth-order valence-electron chi connectivity index (χ4n) is 2.30. The molecule has 0 fully saturated rings. The van der Waals surface area contributed by atoms with Crippen LogP contribution in [0.3, 0.4) is 0 Å². The van der Waals surface area contributed by atoms with Gasteiger partial charge in [0.05, 0.1) is 12.2 Å². The molecule has 1 aromatic rings. The Balaban J connectivity index is 1.79. The van der Waals surface area contributed by atoms with Crippen LogP contribution in [0.25, 0.3) is 0 Å². The van der Waals surface area contributed by atoms with Gasteiger partial charge in [-0.25, -0.2) is 0 Å². The summed E-state index contributed by atoms with van der Waals surface area (Å²) in [4.78, 5) is 11.9. The van der Waals surface area contributed by atoms with Crippen molar-refractivity contribution in [3.8, 4) is 0 Å². The topological polar surface area (TPSA) is 55.1 Å². The molecule has 0 aliphatic heterocycles. The Kier molecular flexibility index (Phi) is 4.77. The summed E-state index contributed by atoms with van der Waals surface area (Å²) in [5.74, 6) is 1.52. The van der Waals surface area contributed by atoms with Gasteiger partial charge in [-0.3, -0.25) is 4.79 Å². The highest BCUT2D eigenvalue weighted by molar-refractivity contribution is 5.78. The van der Waals surface area contributed by atoms with Crippen LogP contribution in [0, 0.1) is 11.8 Å². The van der Waals surface area contributed by atoms with Crippen LogP contribution >= 0.6 is 0 Å². The van der Waals surface area contributed by atoms with E-state index in [-0.39, 0.29) is 11.8 Å². The molecule has 0 spiro atoms. The number of allylic oxidation sites excluding steroid dienone is 2. The van der Waals surface area contributed by atoms with E-state index >= 15 is 0 Å². The van der Waals surface area contributed by atoms with Gasteiger partial charge in [0, 0.05) is 12.0 Å². The van der Waals surface area contributed by atoms with Crippen LogP contribution in [0.2, 0.25) is 0 Å². The lowest BCUT2D eigenvalue weighted by Gasteiger charge is -2.16. The second-order valence-corrected chi connectivity index (χ2v) is 5.58. The van der Waals surface area contributed by atoms with E-state index in [9.17, 15) is 4.79 Å². The van der Waals surface area contributed by atoms with Crippen LogP contribution in [0.4, 0.5) is 0 Å². The molecule has 1 amide bonds. The van der Waals surface area contributed by atoms with E-state index in [1.54, 1.807) is 0 Å². The van der Waals surface area contributed by atoms with Crippen molar-refractivity contribution in [2.75, 3.05) is 0 Å².